The molecule has 0 amide bonds. The molecule has 3 nitrogen and oxygen atoms in total. The Morgan fingerprint density at radius 2 is 1.55 bits per heavy atom. The van der Waals surface area contributed by atoms with Crippen LogP contribution in [0.25, 0.3) is 10.8 Å². The van der Waals surface area contributed by atoms with E-state index in [-0.39, 0.29) is 11.4 Å². The summed E-state index contributed by atoms with van der Waals surface area (Å²) < 4.78 is 0. The average Bonchev–Trinajstić information content (AvgIpc) is 2.49. The molecule has 0 bridgehead atoms. The van der Waals surface area contributed by atoms with Crippen LogP contribution in [-0.2, 0) is 0 Å². The highest BCUT2D eigenvalue weighted by Crippen LogP contribution is 2.42. The first kappa shape index (κ1) is 12.7. The molecule has 0 radical (unpaired) electrons. The van der Waals surface area contributed by atoms with Crippen LogP contribution in [0.5, 0.6) is 5.75 Å². The monoisotopic (exact) mass is 281 g/mol. The molecule has 3 aromatic carbocycles. The minimum atomic E-state index is -0.0860. The summed E-state index contributed by atoms with van der Waals surface area (Å²) in [4.78, 5) is 12.9. The summed E-state index contributed by atoms with van der Waals surface area (Å²) in [5.41, 5.74) is 0.0954. The number of phenolic OH excluding ortho intramolecular Hbond substituents is 1. The topological polar surface area (TPSA) is 49.7 Å². The molecule has 0 aliphatic carbocycles. The fourth-order valence-corrected chi connectivity index (χ4v) is 3.11. The lowest BCUT2D eigenvalue weighted by atomic mass is 10.1. The van der Waals surface area contributed by atoms with Crippen molar-refractivity contribution in [2.75, 3.05) is 0 Å². The van der Waals surface area contributed by atoms with Gasteiger partial charge in [0.2, 0.25) is 0 Å². The fraction of sp³-hybridized carbons (Fsp3) is 0. The zero-order valence-corrected chi connectivity index (χ0v) is 11.3. The zero-order valence-electron chi connectivity index (χ0n) is 10.5. The SMILES string of the molecule is O=Nc1c(O)cc(Sc2ccccc2)c2ccccc12. The maximum Gasteiger partial charge on any atom is 0.157 e. The molecule has 1 N–H and O–H groups in total. The first-order valence-electron chi connectivity index (χ1n) is 6.10. The number of benzene rings is 3. The van der Waals surface area contributed by atoms with Crippen LogP contribution in [0.2, 0.25) is 0 Å². The molecule has 98 valence electrons. The van der Waals surface area contributed by atoms with Crippen molar-refractivity contribution in [1.29, 1.82) is 0 Å². The lowest BCUT2D eigenvalue weighted by molar-refractivity contribution is 0.476. The number of phenols is 1. The zero-order chi connectivity index (χ0) is 13.9. The summed E-state index contributed by atoms with van der Waals surface area (Å²) in [7, 11) is 0. The van der Waals surface area contributed by atoms with Crippen LogP contribution >= 0.6 is 11.8 Å². The number of aromatic hydroxyl groups is 1. The van der Waals surface area contributed by atoms with E-state index in [1.54, 1.807) is 23.9 Å². The predicted octanol–water partition coefficient (Wildman–Crippen LogP) is 5.09. The van der Waals surface area contributed by atoms with Gasteiger partial charge in [-0.05, 0) is 28.8 Å². The number of nitrogens with zero attached hydrogens (tertiary/aromatic N) is 1. The molecule has 0 aliphatic rings. The lowest BCUT2D eigenvalue weighted by Crippen LogP contribution is -1.80. The molecule has 3 rings (SSSR count). The Kier molecular flexibility index (Phi) is 3.39. The van der Waals surface area contributed by atoms with Crippen LogP contribution in [0.4, 0.5) is 5.69 Å². The summed E-state index contributed by atoms with van der Waals surface area (Å²) in [5.74, 6) is -0.0860. The van der Waals surface area contributed by atoms with Crippen LogP contribution in [0.3, 0.4) is 0 Å². The Morgan fingerprint density at radius 1 is 0.900 bits per heavy atom. The van der Waals surface area contributed by atoms with Crippen molar-refractivity contribution in [2.45, 2.75) is 9.79 Å². The number of fused-ring (bicyclic) bond motifs is 1. The van der Waals surface area contributed by atoms with Gasteiger partial charge >= 0.3 is 0 Å². The second kappa shape index (κ2) is 5.35. The first-order valence-corrected chi connectivity index (χ1v) is 6.92. The third-order valence-corrected chi connectivity index (χ3v) is 4.09. The van der Waals surface area contributed by atoms with Gasteiger partial charge in [0.1, 0.15) is 5.75 Å². The Hall–Kier alpha value is -2.33. The van der Waals surface area contributed by atoms with Crippen LogP contribution in [-0.4, -0.2) is 5.11 Å². The van der Waals surface area contributed by atoms with Gasteiger partial charge in [-0.1, -0.05) is 54.2 Å². The summed E-state index contributed by atoms with van der Waals surface area (Å²) >= 11 is 1.55. The third kappa shape index (κ3) is 2.26. The number of hydrogen-bond acceptors (Lipinski definition) is 4. The van der Waals surface area contributed by atoms with E-state index in [1.807, 2.05) is 48.5 Å². The Balaban J connectivity index is 2.19. The smallest absolute Gasteiger partial charge is 0.157 e. The highest BCUT2D eigenvalue weighted by molar-refractivity contribution is 7.99. The maximum atomic E-state index is 10.9. The highest BCUT2D eigenvalue weighted by Gasteiger charge is 2.12. The molecule has 20 heavy (non-hydrogen) atoms. The van der Waals surface area contributed by atoms with E-state index in [2.05, 4.69) is 5.18 Å². The van der Waals surface area contributed by atoms with Crippen molar-refractivity contribution in [3.05, 3.63) is 65.6 Å². The van der Waals surface area contributed by atoms with Gasteiger partial charge in [0.05, 0.1) is 0 Å². The van der Waals surface area contributed by atoms with Crippen molar-refractivity contribution in [3.8, 4) is 5.75 Å². The molecule has 0 atom stereocenters. The average molecular weight is 281 g/mol. The molecule has 4 heteroatoms. The van der Waals surface area contributed by atoms with E-state index >= 15 is 0 Å². The summed E-state index contributed by atoms with van der Waals surface area (Å²) in [5, 5.41) is 14.5. The minimum absolute atomic E-state index is 0.0860. The molecule has 0 saturated carbocycles. The molecule has 0 unspecified atom stereocenters. The Labute approximate surface area is 120 Å². The van der Waals surface area contributed by atoms with E-state index in [4.69, 9.17) is 0 Å². The van der Waals surface area contributed by atoms with Gasteiger partial charge in [-0.3, -0.25) is 0 Å². The van der Waals surface area contributed by atoms with E-state index in [1.165, 1.54) is 0 Å². The molecule has 0 spiro atoms. The quantitative estimate of drug-likeness (QED) is 0.680. The molecule has 3 aromatic rings. The molecule has 0 fully saturated rings. The van der Waals surface area contributed by atoms with Crippen LogP contribution in [0.1, 0.15) is 0 Å². The Bertz CT molecular complexity index is 772. The maximum absolute atomic E-state index is 10.9. The number of rotatable bonds is 3. The fourth-order valence-electron chi connectivity index (χ4n) is 2.11. The molecule has 0 heterocycles. The molecule has 0 saturated heterocycles. The van der Waals surface area contributed by atoms with Gasteiger partial charge in [-0.25, -0.2) is 0 Å². The van der Waals surface area contributed by atoms with Crippen LogP contribution in [0.15, 0.2) is 75.6 Å². The molecule has 0 aromatic heterocycles. The van der Waals surface area contributed by atoms with Crippen molar-refractivity contribution in [3.63, 3.8) is 0 Å². The van der Waals surface area contributed by atoms with Crippen molar-refractivity contribution in [1.82, 2.24) is 0 Å². The molecular weight excluding hydrogens is 270 g/mol. The highest BCUT2D eigenvalue weighted by atomic mass is 32.2. The normalized spacial score (nSPS) is 10.6. The second-order valence-electron chi connectivity index (χ2n) is 4.29. The first-order chi connectivity index (χ1) is 9.79. The van der Waals surface area contributed by atoms with E-state index in [0.717, 1.165) is 15.2 Å². The van der Waals surface area contributed by atoms with Gasteiger partial charge in [-0.2, -0.15) is 0 Å². The number of hydrogen-bond donors (Lipinski definition) is 1. The molecule has 0 aliphatic heterocycles. The van der Waals surface area contributed by atoms with Gasteiger partial charge in [0.15, 0.2) is 5.69 Å². The second-order valence-corrected chi connectivity index (χ2v) is 5.41. The van der Waals surface area contributed by atoms with Gasteiger partial charge < -0.3 is 5.11 Å². The Morgan fingerprint density at radius 3 is 2.25 bits per heavy atom. The van der Waals surface area contributed by atoms with Gasteiger partial charge in [0.25, 0.3) is 0 Å². The number of nitroso groups, excluding NO2 is 1. The predicted molar refractivity (Wildman–Crippen MR) is 81.6 cm³/mol. The van der Waals surface area contributed by atoms with E-state index in [9.17, 15) is 10.0 Å². The summed E-state index contributed by atoms with van der Waals surface area (Å²) in [6, 6.07) is 18.9. The summed E-state index contributed by atoms with van der Waals surface area (Å²) in [6.07, 6.45) is 0. The lowest BCUT2D eigenvalue weighted by Gasteiger charge is -2.09. The minimum Gasteiger partial charge on any atom is -0.505 e. The van der Waals surface area contributed by atoms with Crippen molar-refractivity contribution >= 4 is 28.2 Å². The molecular formula is C16H11NO2S. The largest absolute Gasteiger partial charge is 0.505 e. The standard InChI is InChI=1S/C16H11NO2S/c18-14-10-15(20-11-6-2-1-3-7-11)12-8-4-5-9-13(12)16(14)17-19/h1-10,18H. The van der Waals surface area contributed by atoms with Crippen molar-refractivity contribution < 1.29 is 5.11 Å². The van der Waals surface area contributed by atoms with E-state index < -0.39 is 0 Å². The van der Waals surface area contributed by atoms with Crippen LogP contribution in [0, 0.1) is 4.91 Å². The summed E-state index contributed by atoms with van der Waals surface area (Å²) in [6.45, 7) is 0. The van der Waals surface area contributed by atoms with E-state index in [0.29, 0.717) is 5.39 Å². The third-order valence-electron chi connectivity index (χ3n) is 3.02. The van der Waals surface area contributed by atoms with Crippen LogP contribution < -0.4 is 0 Å². The van der Waals surface area contributed by atoms with Gasteiger partial charge in [0, 0.05) is 15.2 Å². The van der Waals surface area contributed by atoms with Gasteiger partial charge in [-0.15, -0.1) is 4.91 Å². The van der Waals surface area contributed by atoms with Crippen molar-refractivity contribution in [2.24, 2.45) is 5.18 Å².